The molecule has 0 aliphatic carbocycles. The maximum Gasteiger partial charge on any atom is 0.161 e. The summed E-state index contributed by atoms with van der Waals surface area (Å²) in [5.74, 6) is 1.56. The third-order valence-corrected chi connectivity index (χ3v) is 3.83. The van der Waals surface area contributed by atoms with Crippen LogP contribution >= 0.6 is 15.9 Å². The first-order valence-corrected chi connectivity index (χ1v) is 7.31. The van der Waals surface area contributed by atoms with Crippen molar-refractivity contribution in [1.29, 1.82) is 0 Å². The van der Waals surface area contributed by atoms with Crippen LogP contribution in [0.2, 0.25) is 0 Å². The van der Waals surface area contributed by atoms with Gasteiger partial charge in [-0.15, -0.1) is 0 Å². The quantitative estimate of drug-likeness (QED) is 0.902. The molecule has 0 radical (unpaired) electrons. The summed E-state index contributed by atoms with van der Waals surface area (Å²) in [4.78, 5) is 9.10. The minimum absolute atomic E-state index is 0.614. The van der Waals surface area contributed by atoms with Crippen LogP contribution in [-0.4, -0.2) is 23.6 Å². The molecule has 2 rings (SSSR count). The van der Waals surface area contributed by atoms with E-state index in [0.29, 0.717) is 6.61 Å². The lowest BCUT2D eigenvalue weighted by Crippen LogP contribution is -2.04. The van der Waals surface area contributed by atoms with Crippen LogP contribution in [0.1, 0.15) is 18.2 Å². The monoisotopic (exact) mass is 335 g/mol. The van der Waals surface area contributed by atoms with Gasteiger partial charge in [-0.25, -0.2) is 9.97 Å². The number of benzene rings is 1. The van der Waals surface area contributed by atoms with Crippen LogP contribution in [0.15, 0.2) is 28.7 Å². The molecule has 5 heteroatoms. The van der Waals surface area contributed by atoms with Crippen LogP contribution in [0.3, 0.4) is 0 Å². The van der Waals surface area contributed by atoms with Gasteiger partial charge in [0.15, 0.2) is 5.82 Å². The molecule has 1 N–H and O–H groups in total. The fourth-order valence-corrected chi connectivity index (χ4v) is 2.21. The highest BCUT2D eigenvalue weighted by atomic mass is 79.9. The Morgan fingerprint density at radius 2 is 1.90 bits per heavy atom. The largest absolute Gasteiger partial charge is 0.380 e. The van der Waals surface area contributed by atoms with Crippen molar-refractivity contribution < 1.29 is 4.74 Å². The summed E-state index contributed by atoms with van der Waals surface area (Å²) in [5.41, 5.74) is 3.06. The molecule has 0 amide bonds. The van der Waals surface area contributed by atoms with Crippen molar-refractivity contribution in [3.8, 4) is 11.4 Å². The van der Waals surface area contributed by atoms with Crippen molar-refractivity contribution in [3.05, 3.63) is 40.0 Å². The molecule has 0 spiro atoms. The molecule has 1 aromatic heterocycles. The Labute approximate surface area is 127 Å². The van der Waals surface area contributed by atoms with Crippen molar-refractivity contribution in [2.75, 3.05) is 19.0 Å². The van der Waals surface area contributed by atoms with Gasteiger partial charge in [0, 0.05) is 19.2 Å². The van der Waals surface area contributed by atoms with Crippen LogP contribution in [0.25, 0.3) is 11.4 Å². The lowest BCUT2D eigenvalue weighted by Gasteiger charge is -2.10. The zero-order valence-corrected chi connectivity index (χ0v) is 13.5. The minimum atomic E-state index is 0.614. The van der Waals surface area contributed by atoms with Gasteiger partial charge in [-0.1, -0.05) is 24.3 Å². The molecule has 1 aromatic carbocycles. The number of halogens is 1. The van der Waals surface area contributed by atoms with E-state index in [0.717, 1.165) is 39.5 Å². The molecule has 4 nitrogen and oxygen atoms in total. The van der Waals surface area contributed by atoms with E-state index in [1.807, 2.05) is 38.1 Å². The van der Waals surface area contributed by atoms with E-state index in [-0.39, 0.29) is 0 Å². The highest BCUT2D eigenvalue weighted by molar-refractivity contribution is 9.10. The standard InChI is InChI=1S/C15H18BrN3O/c1-4-17-15-13(16)10(2)18-14(19-15)12-7-5-11(6-8-12)9-20-3/h5-8H,4,9H2,1-3H3,(H,17,18,19). The Balaban J connectivity index is 2.36. The number of ether oxygens (including phenoxy) is 1. The Kier molecular flexibility index (Phi) is 5.09. The van der Waals surface area contributed by atoms with Gasteiger partial charge in [0.25, 0.3) is 0 Å². The van der Waals surface area contributed by atoms with E-state index in [2.05, 4.69) is 31.2 Å². The molecular formula is C15H18BrN3O. The van der Waals surface area contributed by atoms with Gasteiger partial charge in [0.1, 0.15) is 5.82 Å². The zero-order chi connectivity index (χ0) is 14.5. The topological polar surface area (TPSA) is 47.0 Å². The molecule has 0 saturated carbocycles. The van der Waals surface area contributed by atoms with Gasteiger partial charge in [-0.2, -0.15) is 0 Å². The zero-order valence-electron chi connectivity index (χ0n) is 11.9. The van der Waals surface area contributed by atoms with Crippen LogP contribution < -0.4 is 5.32 Å². The normalized spacial score (nSPS) is 10.6. The summed E-state index contributed by atoms with van der Waals surface area (Å²) in [6.07, 6.45) is 0. The summed E-state index contributed by atoms with van der Waals surface area (Å²) >= 11 is 3.52. The number of nitrogens with zero attached hydrogens (tertiary/aromatic N) is 2. The molecular weight excluding hydrogens is 318 g/mol. The Bertz CT molecular complexity index is 584. The Morgan fingerprint density at radius 3 is 2.50 bits per heavy atom. The van der Waals surface area contributed by atoms with E-state index in [9.17, 15) is 0 Å². The van der Waals surface area contributed by atoms with E-state index in [1.165, 1.54) is 0 Å². The third kappa shape index (κ3) is 3.35. The first-order valence-electron chi connectivity index (χ1n) is 6.52. The summed E-state index contributed by atoms with van der Waals surface area (Å²) in [5, 5.41) is 3.24. The van der Waals surface area contributed by atoms with Crippen molar-refractivity contribution in [2.45, 2.75) is 20.5 Å². The van der Waals surface area contributed by atoms with E-state index in [1.54, 1.807) is 7.11 Å². The fraction of sp³-hybridized carbons (Fsp3) is 0.333. The van der Waals surface area contributed by atoms with Crippen molar-refractivity contribution in [2.24, 2.45) is 0 Å². The molecule has 0 saturated heterocycles. The summed E-state index contributed by atoms with van der Waals surface area (Å²) in [6.45, 7) is 5.45. The smallest absolute Gasteiger partial charge is 0.161 e. The van der Waals surface area contributed by atoms with Gasteiger partial charge in [0.05, 0.1) is 16.8 Å². The van der Waals surface area contributed by atoms with Crippen LogP contribution in [0.4, 0.5) is 5.82 Å². The SMILES string of the molecule is CCNc1nc(-c2ccc(COC)cc2)nc(C)c1Br. The van der Waals surface area contributed by atoms with Crippen LogP contribution in [0, 0.1) is 6.92 Å². The minimum Gasteiger partial charge on any atom is -0.380 e. The second-order valence-corrected chi connectivity index (χ2v) is 5.25. The molecule has 20 heavy (non-hydrogen) atoms. The van der Waals surface area contributed by atoms with Crippen LogP contribution in [0.5, 0.6) is 0 Å². The number of rotatable bonds is 5. The molecule has 0 fully saturated rings. The number of hydrogen-bond donors (Lipinski definition) is 1. The molecule has 0 aliphatic rings. The number of nitrogens with one attached hydrogen (secondary N) is 1. The van der Waals surface area contributed by atoms with E-state index >= 15 is 0 Å². The molecule has 106 valence electrons. The summed E-state index contributed by atoms with van der Waals surface area (Å²) in [7, 11) is 1.69. The van der Waals surface area contributed by atoms with Gasteiger partial charge >= 0.3 is 0 Å². The lowest BCUT2D eigenvalue weighted by atomic mass is 10.1. The molecule has 2 aromatic rings. The first kappa shape index (κ1) is 14.9. The maximum atomic E-state index is 5.11. The third-order valence-electron chi connectivity index (χ3n) is 2.88. The lowest BCUT2D eigenvalue weighted by molar-refractivity contribution is 0.185. The predicted octanol–water partition coefficient (Wildman–Crippen LogP) is 3.79. The van der Waals surface area contributed by atoms with Crippen molar-refractivity contribution in [3.63, 3.8) is 0 Å². The predicted molar refractivity (Wildman–Crippen MR) is 84.8 cm³/mol. The number of hydrogen-bond acceptors (Lipinski definition) is 4. The Morgan fingerprint density at radius 1 is 1.20 bits per heavy atom. The van der Waals surface area contributed by atoms with Crippen LogP contribution in [-0.2, 0) is 11.3 Å². The number of aryl methyl sites for hydroxylation is 1. The maximum absolute atomic E-state index is 5.11. The summed E-state index contributed by atoms with van der Waals surface area (Å²) in [6, 6.07) is 8.11. The van der Waals surface area contributed by atoms with Gasteiger partial charge in [0.2, 0.25) is 0 Å². The highest BCUT2D eigenvalue weighted by Crippen LogP contribution is 2.26. The van der Waals surface area contributed by atoms with E-state index in [4.69, 9.17) is 4.74 Å². The fourth-order valence-electron chi connectivity index (χ4n) is 1.89. The number of aromatic nitrogens is 2. The summed E-state index contributed by atoms with van der Waals surface area (Å²) < 4.78 is 6.03. The number of methoxy groups -OCH3 is 1. The van der Waals surface area contributed by atoms with Crippen molar-refractivity contribution in [1.82, 2.24) is 9.97 Å². The van der Waals surface area contributed by atoms with Crippen molar-refractivity contribution >= 4 is 21.7 Å². The molecule has 1 heterocycles. The molecule has 0 atom stereocenters. The van der Waals surface area contributed by atoms with Gasteiger partial charge < -0.3 is 10.1 Å². The molecule has 0 bridgehead atoms. The second kappa shape index (κ2) is 6.81. The average Bonchev–Trinajstić information content (AvgIpc) is 2.45. The highest BCUT2D eigenvalue weighted by Gasteiger charge is 2.10. The second-order valence-electron chi connectivity index (χ2n) is 4.46. The first-order chi connectivity index (χ1) is 9.65. The molecule has 0 unspecified atom stereocenters. The van der Waals surface area contributed by atoms with Gasteiger partial charge in [-0.05, 0) is 35.3 Å². The van der Waals surface area contributed by atoms with E-state index < -0.39 is 0 Å². The molecule has 0 aliphatic heterocycles. The Hall–Kier alpha value is -1.46. The average molecular weight is 336 g/mol. The van der Waals surface area contributed by atoms with Gasteiger partial charge in [-0.3, -0.25) is 0 Å². The number of anilines is 1.